The Bertz CT molecular complexity index is 1260. The third kappa shape index (κ3) is 5.12. The Kier molecular flexibility index (Phi) is 7.41. The molecule has 178 valence electrons. The first kappa shape index (κ1) is 24.6. The van der Waals surface area contributed by atoms with E-state index in [1.807, 2.05) is 6.07 Å². The molecule has 0 saturated heterocycles. The first-order valence-electron chi connectivity index (χ1n) is 10.3. The molecule has 0 aliphatic heterocycles. The molecule has 3 aromatic rings. The van der Waals surface area contributed by atoms with Crippen LogP contribution >= 0.6 is 11.3 Å². The number of esters is 1. The van der Waals surface area contributed by atoms with Crippen LogP contribution in [0.5, 0.6) is 0 Å². The van der Waals surface area contributed by atoms with Crippen LogP contribution in [0.1, 0.15) is 43.9 Å². The fourth-order valence-electron chi connectivity index (χ4n) is 3.38. The zero-order chi connectivity index (χ0) is 25.0. The maximum absolute atomic E-state index is 12.9. The molecule has 12 heteroatoms. The molecule has 2 N–H and O–H groups in total. The molecule has 0 fully saturated rings. The van der Waals surface area contributed by atoms with Gasteiger partial charge in [0, 0.05) is 5.69 Å². The van der Waals surface area contributed by atoms with Crippen molar-refractivity contribution in [3.8, 4) is 0 Å². The van der Waals surface area contributed by atoms with Gasteiger partial charge in [-0.15, -0.1) is 11.3 Å². The lowest BCUT2D eigenvalue weighted by molar-refractivity contribution is -0.386. The summed E-state index contributed by atoms with van der Waals surface area (Å²) in [4.78, 5) is 49.1. The molecule has 0 bridgehead atoms. The van der Waals surface area contributed by atoms with E-state index in [4.69, 9.17) is 4.74 Å². The van der Waals surface area contributed by atoms with Gasteiger partial charge in [-0.2, -0.15) is 5.10 Å². The van der Waals surface area contributed by atoms with E-state index < -0.39 is 22.7 Å². The summed E-state index contributed by atoms with van der Waals surface area (Å²) in [5.74, 6) is -1.68. The van der Waals surface area contributed by atoms with Crippen LogP contribution in [0, 0.1) is 30.9 Å². The van der Waals surface area contributed by atoms with E-state index in [9.17, 15) is 24.5 Å². The van der Waals surface area contributed by atoms with Crippen molar-refractivity contribution in [1.29, 1.82) is 0 Å². The van der Waals surface area contributed by atoms with Gasteiger partial charge in [0.05, 0.1) is 22.0 Å². The quantitative estimate of drug-likeness (QED) is 0.280. The Hall–Kier alpha value is -4.06. The third-order valence-corrected chi connectivity index (χ3v) is 6.14. The molecular weight excluding hydrogens is 462 g/mol. The second-order valence-electron chi connectivity index (χ2n) is 7.28. The molecule has 0 saturated carbocycles. The molecule has 11 nitrogen and oxygen atoms in total. The molecule has 0 spiro atoms. The standard InChI is InChI=1S/C22H23N5O6S/c1-5-33-22(30)17-12(2)19(20(29)23-15-9-7-6-8-10-15)34-21(17)24-16(28)11-26-14(4)18(27(31)32)13(3)25-26/h6-10H,5,11H2,1-4H3,(H,23,29)(H,24,28). The SMILES string of the molecule is CCOC(=O)c1c(NC(=O)Cn2nc(C)c([N+](=O)[O-])c2C)sc(C(=O)Nc2ccccc2)c1C. The molecule has 3 rings (SSSR count). The Labute approximate surface area is 198 Å². The molecule has 2 aromatic heterocycles. The number of nitrogens with one attached hydrogen (secondary N) is 2. The summed E-state index contributed by atoms with van der Waals surface area (Å²) in [6.45, 7) is 6.03. The molecule has 0 atom stereocenters. The van der Waals surface area contributed by atoms with Crippen LogP contribution in [0.15, 0.2) is 30.3 Å². The predicted molar refractivity (Wildman–Crippen MR) is 126 cm³/mol. The fourth-order valence-corrected chi connectivity index (χ4v) is 4.49. The van der Waals surface area contributed by atoms with E-state index in [2.05, 4.69) is 15.7 Å². The highest BCUT2D eigenvalue weighted by atomic mass is 32.1. The lowest BCUT2D eigenvalue weighted by Crippen LogP contribution is -2.21. The second kappa shape index (κ2) is 10.3. The number of aryl methyl sites for hydroxylation is 1. The van der Waals surface area contributed by atoms with E-state index in [0.717, 1.165) is 11.3 Å². The Morgan fingerprint density at radius 2 is 1.82 bits per heavy atom. The summed E-state index contributed by atoms with van der Waals surface area (Å²) in [5.41, 5.74) is 1.29. The van der Waals surface area contributed by atoms with E-state index in [1.165, 1.54) is 18.5 Å². The van der Waals surface area contributed by atoms with Crippen LogP contribution < -0.4 is 10.6 Å². The zero-order valence-electron chi connectivity index (χ0n) is 19.0. The van der Waals surface area contributed by atoms with Crippen LogP contribution in [-0.4, -0.2) is 39.1 Å². The van der Waals surface area contributed by atoms with Gasteiger partial charge in [-0.3, -0.25) is 24.4 Å². The summed E-state index contributed by atoms with van der Waals surface area (Å²) in [6.07, 6.45) is 0. The van der Waals surface area contributed by atoms with Crippen LogP contribution in [0.4, 0.5) is 16.4 Å². The van der Waals surface area contributed by atoms with Gasteiger partial charge in [0.1, 0.15) is 22.9 Å². The molecular formula is C22H23N5O6S. The summed E-state index contributed by atoms with van der Waals surface area (Å²) in [5, 5.41) is 20.8. The van der Waals surface area contributed by atoms with Crippen molar-refractivity contribution in [2.45, 2.75) is 34.2 Å². The van der Waals surface area contributed by atoms with E-state index in [1.54, 1.807) is 38.1 Å². The number of hydrogen-bond donors (Lipinski definition) is 2. The second-order valence-corrected chi connectivity index (χ2v) is 8.30. The van der Waals surface area contributed by atoms with Gasteiger partial charge >= 0.3 is 11.7 Å². The Morgan fingerprint density at radius 3 is 2.41 bits per heavy atom. The normalized spacial score (nSPS) is 10.6. The topological polar surface area (TPSA) is 145 Å². The van der Waals surface area contributed by atoms with Crippen LogP contribution in [0.25, 0.3) is 0 Å². The number of carbonyl (C=O) groups is 3. The number of anilines is 2. The largest absolute Gasteiger partial charge is 0.462 e. The van der Waals surface area contributed by atoms with Gasteiger partial charge in [0.2, 0.25) is 5.91 Å². The number of amides is 2. The minimum atomic E-state index is -0.674. The predicted octanol–water partition coefficient (Wildman–Crippen LogP) is 3.85. The number of carbonyl (C=O) groups excluding carboxylic acids is 3. The molecule has 2 amide bonds. The summed E-state index contributed by atoms with van der Waals surface area (Å²) < 4.78 is 6.34. The number of nitro groups is 1. The molecule has 2 heterocycles. The molecule has 0 unspecified atom stereocenters. The summed E-state index contributed by atoms with van der Waals surface area (Å²) in [7, 11) is 0. The van der Waals surface area contributed by atoms with Crippen LogP contribution in [0.3, 0.4) is 0 Å². The Morgan fingerprint density at radius 1 is 1.15 bits per heavy atom. The van der Waals surface area contributed by atoms with Crippen molar-refractivity contribution in [3.05, 3.63) is 67.8 Å². The average molecular weight is 486 g/mol. The van der Waals surface area contributed by atoms with Gasteiger partial charge in [0.15, 0.2) is 0 Å². The van der Waals surface area contributed by atoms with Gasteiger partial charge in [-0.25, -0.2) is 4.79 Å². The highest BCUT2D eigenvalue weighted by Crippen LogP contribution is 2.34. The molecule has 0 aliphatic rings. The number of para-hydroxylation sites is 1. The van der Waals surface area contributed by atoms with E-state index in [0.29, 0.717) is 11.3 Å². The van der Waals surface area contributed by atoms with Crippen molar-refractivity contribution in [2.75, 3.05) is 17.2 Å². The summed E-state index contributed by atoms with van der Waals surface area (Å²) in [6, 6.07) is 8.81. The number of aromatic nitrogens is 2. The van der Waals surface area contributed by atoms with E-state index in [-0.39, 0.29) is 45.7 Å². The van der Waals surface area contributed by atoms with Gasteiger partial charge in [-0.05, 0) is 45.4 Å². The number of rotatable bonds is 8. The summed E-state index contributed by atoms with van der Waals surface area (Å²) >= 11 is 0.941. The minimum absolute atomic E-state index is 0.0813. The zero-order valence-corrected chi connectivity index (χ0v) is 19.8. The molecule has 0 aliphatic carbocycles. The van der Waals surface area contributed by atoms with Crippen molar-refractivity contribution in [1.82, 2.24) is 9.78 Å². The third-order valence-electron chi connectivity index (χ3n) is 4.94. The monoisotopic (exact) mass is 485 g/mol. The molecule has 0 radical (unpaired) electrons. The minimum Gasteiger partial charge on any atom is -0.462 e. The lowest BCUT2D eigenvalue weighted by Gasteiger charge is -2.08. The maximum Gasteiger partial charge on any atom is 0.341 e. The highest BCUT2D eigenvalue weighted by Gasteiger charge is 2.28. The average Bonchev–Trinajstić information content (AvgIpc) is 3.24. The van der Waals surface area contributed by atoms with Crippen molar-refractivity contribution in [3.63, 3.8) is 0 Å². The number of hydrogen-bond acceptors (Lipinski definition) is 8. The number of nitrogens with zero attached hydrogens (tertiary/aromatic N) is 3. The van der Waals surface area contributed by atoms with Gasteiger partial charge in [-0.1, -0.05) is 18.2 Å². The number of thiophene rings is 1. The smallest absolute Gasteiger partial charge is 0.341 e. The fraction of sp³-hybridized carbons (Fsp3) is 0.273. The van der Waals surface area contributed by atoms with Crippen LogP contribution in [-0.2, 0) is 16.1 Å². The van der Waals surface area contributed by atoms with Gasteiger partial charge in [0.25, 0.3) is 5.91 Å². The first-order chi connectivity index (χ1) is 16.1. The highest BCUT2D eigenvalue weighted by molar-refractivity contribution is 7.18. The number of benzene rings is 1. The van der Waals surface area contributed by atoms with E-state index >= 15 is 0 Å². The van der Waals surface area contributed by atoms with Crippen molar-refractivity contribution >= 4 is 45.5 Å². The number of ether oxygens (including phenoxy) is 1. The molecule has 34 heavy (non-hydrogen) atoms. The maximum atomic E-state index is 12.9. The van der Waals surface area contributed by atoms with Crippen molar-refractivity contribution < 1.29 is 24.0 Å². The Balaban J connectivity index is 1.89. The lowest BCUT2D eigenvalue weighted by atomic mass is 10.1. The molecule has 1 aromatic carbocycles. The van der Waals surface area contributed by atoms with Crippen molar-refractivity contribution in [2.24, 2.45) is 0 Å². The van der Waals surface area contributed by atoms with Gasteiger partial charge < -0.3 is 15.4 Å². The van der Waals surface area contributed by atoms with Crippen LogP contribution in [0.2, 0.25) is 0 Å². The first-order valence-corrected chi connectivity index (χ1v) is 11.1.